The normalized spacial score (nSPS) is 11.2. The van der Waals surface area contributed by atoms with Crippen LogP contribution in [0.1, 0.15) is 11.1 Å². The first-order chi connectivity index (χ1) is 18.0. The van der Waals surface area contributed by atoms with E-state index in [1.807, 2.05) is 84.9 Å². The van der Waals surface area contributed by atoms with Crippen LogP contribution in [0.15, 0.2) is 101 Å². The van der Waals surface area contributed by atoms with Crippen molar-refractivity contribution in [3.8, 4) is 22.9 Å². The van der Waals surface area contributed by atoms with Gasteiger partial charge < -0.3 is 9.47 Å². The van der Waals surface area contributed by atoms with Crippen molar-refractivity contribution in [2.75, 3.05) is 7.11 Å². The van der Waals surface area contributed by atoms with Gasteiger partial charge in [-0.15, -0.1) is 0 Å². The van der Waals surface area contributed by atoms with Gasteiger partial charge in [0.2, 0.25) is 0 Å². The summed E-state index contributed by atoms with van der Waals surface area (Å²) >= 11 is 8.47. The van der Waals surface area contributed by atoms with E-state index in [0.717, 1.165) is 20.3 Å². The molecule has 6 nitrogen and oxygen atoms in total. The average molecular weight is 622 g/mol. The molecule has 5 rings (SSSR count). The quantitative estimate of drug-likeness (QED) is 0.148. The maximum atomic E-state index is 13.4. The van der Waals surface area contributed by atoms with Crippen molar-refractivity contribution < 1.29 is 9.47 Å². The molecule has 0 amide bonds. The molecule has 0 aliphatic rings. The molecule has 184 valence electrons. The summed E-state index contributed by atoms with van der Waals surface area (Å²) in [7, 11) is 1.58. The standard InChI is InChI=1S/C29H21ClIN3O3/c1-36-26-16-19(15-24(31)27(26)37-18-21-11-5-7-13-23(21)30)17-32-34-28(20-9-3-2-4-10-20)33-25-14-8-6-12-22(25)29(34)35/h2-17H,18H2,1H3. The minimum absolute atomic E-state index is 0.248. The van der Waals surface area contributed by atoms with Gasteiger partial charge in [-0.25, -0.2) is 4.98 Å². The fraction of sp³-hybridized carbons (Fsp3) is 0.0690. The van der Waals surface area contributed by atoms with Crippen molar-refractivity contribution in [1.29, 1.82) is 0 Å². The van der Waals surface area contributed by atoms with Crippen LogP contribution in [-0.4, -0.2) is 23.0 Å². The van der Waals surface area contributed by atoms with E-state index in [1.165, 1.54) is 4.68 Å². The van der Waals surface area contributed by atoms with Crippen molar-refractivity contribution in [1.82, 2.24) is 9.66 Å². The van der Waals surface area contributed by atoms with Gasteiger partial charge in [0.1, 0.15) is 6.61 Å². The van der Waals surface area contributed by atoms with Crippen LogP contribution < -0.4 is 15.0 Å². The van der Waals surface area contributed by atoms with Crippen LogP contribution in [0.5, 0.6) is 11.5 Å². The number of methoxy groups -OCH3 is 1. The van der Waals surface area contributed by atoms with Gasteiger partial charge in [-0.05, 0) is 58.5 Å². The number of nitrogens with zero attached hydrogens (tertiary/aromatic N) is 3. The van der Waals surface area contributed by atoms with Gasteiger partial charge in [0.05, 0.1) is 27.8 Å². The van der Waals surface area contributed by atoms with Crippen molar-refractivity contribution in [2.24, 2.45) is 5.10 Å². The molecule has 0 aliphatic heterocycles. The summed E-state index contributed by atoms with van der Waals surface area (Å²) in [4.78, 5) is 18.1. The molecule has 0 fully saturated rings. The number of aromatic nitrogens is 2. The van der Waals surface area contributed by atoms with Crippen molar-refractivity contribution in [3.63, 3.8) is 0 Å². The van der Waals surface area contributed by atoms with Crippen LogP contribution in [0.3, 0.4) is 0 Å². The number of ether oxygens (including phenoxy) is 2. The summed E-state index contributed by atoms with van der Waals surface area (Å²) in [5.41, 5.74) is 2.78. The van der Waals surface area contributed by atoms with Crippen molar-refractivity contribution >= 4 is 51.3 Å². The molecule has 0 N–H and O–H groups in total. The highest BCUT2D eigenvalue weighted by Crippen LogP contribution is 2.34. The minimum Gasteiger partial charge on any atom is -0.493 e. The van der Waals surface area contributed by atoms with E-state index < -0.39 is 0 Å². The SMILES string of the molecule is COc1cc(C=Nn2c(-c3ccccc3)nc3ccccc3c2=O)cc(I)c1OCc1ccccc1Cl. The molecular formula is C29H21ClIN3O3. The molecule has 8 heteroatoms. The molecule has 4 aromatic carbocycles. The Kier molecular flexibility index (Phi) is 7.52. The summed E-state index contributed by atoms with van der Waals surface area (Å²) < 4.78 is 13.8. The number of hydrogen-bond donors (Lipinski definition) is 0. The second-order valence-corrected chi connectivity index (χ2v) is 9.66. The Hall–Kier alpha value is -3.69. The zero-order valence-corrected chi connectivity index (χ0v) is 22.7. The molecule has 5 aromatic rings. The molecule has 0 spiro atoms. The predicted octanol–water partition coefficient (Wildman–Crippen LogP) is 6.79. The largest absolute Gasteiger partial charge is 0.493 e. The maximum Gasteiger partial charge on any atom is 0.282 e. The number of para-hydroxylation sites is 1. The van der Waals surface area contributed by atoms with E-state index in [4.69, 9.17) is 26.1 Å². The zero-order valence-electron chi connectivity index (χ0n) is 19.8. The lowest BCUT2D eigenvalue weighted by Gasteiger charge is -2.14. The van der Waals surface area contributed by atoms with E-state index in [0.29, 0.717) is 39.9 Å². The Balaban J connectivity index is 1.52. The van der Waals surface area contributed by atoms with Crippen LogP contribution in [0.4, 0.5) is 0 Å². The first kappa shape index (κ1) is 25.0. The summed E-state index contributed by atoms with van der Waals surface area (Å²) in [5.74, 6) is 1.62. The minimum atomic E-state index is -0.248. The molecule has 1 heterocycles. The Morgan fingerprint density at radius 2 is 1.73 bits per heavy atom. The highest BCUT2D eigenvalue weighted by molar-refractivity contribution is 14.1. The van der Waals surface area contributed by atoms with E-state index >= 15 is 0 Å². The lowest BCUT2D eigenvalue weighted by Crippen LogP contribution is -2.20. The number of hydrogen-bond acceptors (Lipinski definition) is 5. The van der Waals surface area contributed by atoms with Crippen LogP contribution in [0, 0.1) is 3.57 Å². The maximum absolute atomic E-state index is 13.4. The Bertz CT molecular complexity index is 1670. The summed E-state index contributed by atoms with van der Waals surface area (Å²) in [6.07, 6.45) is 1.62. The highest BCUT2D eigenvalue weighted by atomic mass is 127. The monoisotopic (exact) mass is 621 g/mol. The van der Waals surface area contributed by atoms with Gasteiger partial charge in [-0.3, -0.25) is 4.79 Å². The van der Waals surface area contributed by atoms with Gasteiger partial charge in [-0.2, -0.15) is 9.78 Å². The molecule has 0 unspecified atom stereocenters. The number of benzene rings is 4. The molecule has 0 atom stereocenters. The third kappa shape index (κ3) is 5.38. The van der Waals surface area contributed by atoms with Crippen LogP contribution in [0.2, 0.25) is 5.02 Å². The summed E-state index contributed by atoms with van der Waals surface area (Å²) in [6.45, 7) is 0.304. The van der Waals surface area contributed by atoms with Gasteiger partial charge in [-0.1, -0.05) is 72.3 Å². The average Bonchev–Trinajstić information content (AvgIpc) is 2.93. The second kappa shape index (κ2) is 11.1. The smallest absolute Gasteiger partial charge is 0.282 e. The number of rotatable bonds is 7. The van der Waals surface area contributed by atoms with Crippen molar-refractivity contribution in [3.05, 3.63) is 121 Å². The van der Waals surface area contributed by atoms with Crippen molar-refractivity contribution in [2.45, 2.75) is 6.61 Å². The lowest BCUT2D eigenvalue weighted by atomic mass is 10.2. The predicted molar refractivity (Wildman–Crippen MR) is 156 cm³/mol. The van der Waals surface area contributed by atoms with Gasteiger partial charge >= 0.3 is 0 Å². The third-order valence-corrected chi connectivity index (χ3v) is 6.86. The molecular weight excluding hydrogens is 601 g/mol. The molecule has 0 saturated carbocycles. The second-order valence-electron chi connectivity index (χ2n) is 8.09. The molecule has 0 radical (unpaired) electrons. The number of fused-ring (bicyclic) bond motifs is 1. The third-order valence-electron chi connectivity index (χ3n) is 5.69. The van der Waals surface area contributed by atoms with Gasteiger partial charge in [0.25, 0.3) is 5.56 Å². The fourth-order valence-corrected chi connectivity index (χ4v) is 4.82. The van der Waals surface area contributed by atoms with E-state index in [-0.39, 0.29) is 5.56 Å². The fourth-order valence-electron chi connectivity index (χ4n) is 3.85. The molecule has 0 aliphatic carbocycles. The molecule has 0 saturated heterocycles. The van der Waals surface area contributed by atoms with Gasteiger partial charge in [0.15, 0.2) is 17.3 Å². The zero-order chi connectivity index (χ0) is 25.8. The topological polar surface area (TPSA) is 65.7 Å². The molecule has 0 bridgehead atoms. The summed E-state index contributed by atoms with van der Waals surface area (Å²) in [6, 6.07) is 28.1. The first-order valence-electron chi connectivity index (χ1n) is 11.4. The highest BCUT2D eigenvalue weighted by Gasteiger charge is 2.14. The molecule has 1 aromatic heterocycles. The van der Waals surface area contributed by atoms with Gasteiger partial charge in [0, 0.05) is 16.1 Å². The summed E-state index contributed by atoms with van der Waals surface area (Å²) in [5, 5.41) is 5.69. The molecule has 37 heavy (non-hydrogen) atoms. The van der Waals surface area contributed by atoms with Crippen LogP contribution >= 0.6 is 34.2 Å². The Labute approximate surface area is 232 Å². The Morgan fingerprint density at radius 3 is 2.51 bits per heavy atom. The Morgan fingerprint density at radius 1 is 1.00 bits per heavy atom. The van der Waals surface area contributed by atoms with Crippen LogP contribution in [-0.2, 0) is 6.61 Å². The first-order valence-corrected chi connectivity index (χ1v) is 12.9. The van der Waals surface area contributed by atoms with Crippen LogP contribution in [0.25, 0.3) is 22.3 Å². The van der Waals surface area contributed by atoms with E-state index in [9.17, 15) is 4.79 Å². The van der Waals surface area contributed by atoms with E-state index in [1.54, 1.807) is 19.4 Å². The lowest BCUT2D eigenvalue weighted by molar-refractivity contribution is 0.282. The number of halogens is 2. The van der Waals surface area contributed by atoms with E-state index in [2.05, 4.69) is 27.7 Å².